The first kappa shape index (κ1) is 9.98. The highest BCUT2D eigenvalue weighted by atomic mass is 79.9. The molecule has 3 nitrogen and oxygen atoms in total. The molecule has 76 valence electrons. The topological polar surface area (TPSA) is 50.9 Å². The van der Waals surface area contributed by atoms with Gasteiger partial charge in [-0.05, 0) is 30.3 Å². The number of anilines is 3. The summed E-state index contributed by atoms with van der Waals surface area (Å²) in [5.74, 6) is 1.25. The van der Waals surface area contributed by atoms with E-state index in [1.165, 1.54) is 0 Å². The number of rotatable bonds is 2. The molecule has 0 aliphatic rings. The van der Waals surface area contributed by atoms with E-state index in [1.807, 2.05) is 36.4 Å². The molecule has 0 radical (unpaired) electrons. The van der Waals surface area contributed by atoms with Gasteiger partial charge in [0, 0.05) is 10.2 Å². The summed E-state index contributed by atoms with van der Waals surface area (Å²) >= 11 is 3.40. The summed E-state index contributed by atoms with van der Waals surface area (Å²) in [5, 5.41) is 3.16. The van der Waals surface area contributed by atoms with Crippen LogP contribution in [0.15, 0.2) is 46.9 Å². The van der Waals surface area contributed by atoms with E-state index in [1.54, 1.807) is 6.07 Å². The summed E-state index contributed by atoms with van der Waals surface area (Å²) in [6.45, 7) is 0. The number of pyridine rings is 1. The molecule has 2 rings (SSSR count). The fraction of sp³-hybridized carbons (Fsp3) is 0. The van der Waals surface area contributed by atoms with E-state index in [4.69, 9.17) is 5.73 Å². The molecule has 0 saturated carbocycles. The Morgan fingerprint density at radius 1 is 1.13 bits per heavy atom. The monoisotopic (exact) mass is 263 g/mol. The Morgan fingerprint density at radius 2 is 1.93 bits per heavy atom. The average molecular weight is 264 g/mol. The van der Waals surface area contributed by atoms with E-state index in [0.717, 1.165) is 16.0 Å². The van der Waals surface area contributed by atoms with E-state index < -0.39 is 0 Å². The minimum Gasteiger partial charge on any atom is -0.384 e. The van der Waals surface area contributed by atoms with Crippen molar-refractivity contribution in [1.29, 1.82) is 0 Å². The van der Waals surface area contributed by atoms with Gasteiger partial charge in [0.15, 0.2) is 0 Å². The third-order valence-electron chi connectivity index (χ3n) is 1.87. The van der Waals surface area contributed by atoms with Gasteiger partial charge in [0.05, 0.1) is 0 Å². The normalized spacial score (nSPS) is 9.93. The van der Waals surface area contributed by atoms with Crippen LogP contribution in [0.3, 0.4) is 0 Å². The molecule has 3 N–H and O–H groups in total. The summed E-state index contributed by atoms with van der Waals surface area (Å²) in [6, 6.07) is 13.4. The smallest absolute Gasteiger partial charge is 0.132 e. The van der Waals surface area contributed by atoms with Crippen molar-refractivity contribution >= 4 is 33.3 Å². The van der Waals surface area contributed by atoms with Gasteiger partial charge >= 0.3 is 0 Å². The Balaban J connectivity index is 2.22. The molecule has 0 bridgehead atoms. The maximum Gasteiger partial charge on any atom is 0.132 e. The lowest BCUT2D eigenvalue weighted by molar-refractivity contribution is 1.31. The highest BCUT2D eigenvalue weighted by Crippen LogP contribution is 2.19. The molecule has 1 aromatic heterocycles. The maximum atomic E-state index is 5.58. The largest absolute Gasteiger partial charge is 0.384 e. The number of nitrogen functional groups attached to an aromatic ring is 1. The predicted molar refractivity (Wildman–Crippen MR) is 66.1 cm³/mol. The van der Waals surface area contributed by atoms with Crippen molar-refractivity contribution in [2.75, 3.05) is 11.1 Å². The van der Waals surface area contributed by atoms with E-state index in [9.17, 15) is 0 Å². The Bertz CT molecular complexity index is 427. The van der Waals surface area contributed by atoms with Crippen molar-refractivity contribution in [1.82, 2.24) is 4.98 Å². The number of hydrogen-bond acceptors (Lipinski definition) is 3. The molecule has 1 aromatic carbocycles. The van der Waals surface area contributed by atoms with Gasteiger partial charge in [-0.1, -0.05) is 28.1 Å². The first-order chi connectivity index (χ1) is 7.24. The van der Waals surface area contributed by atoms with Gasteiger partial charge in [-0.25, -0.2) is 4.98 Å². The number of nitrogens with one attached hydrogen (secondary N) is 1. The van der Waals surface area contributed by atoms with Crippen molar-refractivity contribution in [3.05, 3.63) is 46.9 Å². The van der Waals surface area contributed by atoms with E-state index >= 15 is 0 Å². The van der Waals surface area contributed by atoms with Gasteiger partial charge in [0.1, 0.15) is 11.6 Å². The number of aromatic nitrogens is 1. The lowest BCUT2D eigenvalue weighted by Crippen LogP contribution is -1.96. The van der Waals surface area contributed by atoms with Crippen LogP contribution in [-0.2, 0) is 0 Å². The number of nitrogens with zero attached hydrogens (tertiary/aromatic N) is 1. The molecule has 0 saturated heterocycles. The van der Waals surface area contributed by atoms with Gasteiger partial charge in [-0.15, -0.1) is 0 Å². The summed E-state index contributed by atoms with van der Waals surface area (Å²) in [5.41, 5.74) is 6.56. The van der Waals surface area contributed by atoms with Crippen LogP contribution in [0.5, 0.6) is 0 Å². The molecule has 0 aliphatic heterocycles. The first-order valence-corrected chi connectivity index (χ1v) is 5.28. The fourth-order valence-corrected chi connectivity index (χ4v) is 1.63. The van der Waals surface area contributed by atoms with Crippen LogP contribution < -0.4 is 11.1 Å². The number of benzene rings is 1. The van der Waals surface area contributed by atoms with Crippen molar-refractivity contribution in [3.8, 4) is 0 Å². The number of hydrogen-bond donors (Lipinski definition) is 2. The van der Waals surface area contributed by atoms with Crippen molar-refractivity contribution in [2.45, 2.75) is 0 Å². The fourth-order valence-electron chi connectivity index (χ4n) is 1.24. The van der Waals surface area contributed by atoms with E-state index in [0.29, 0.717) is 5.82 Å². The SMILES string of the molecule is Nc1cccc(Nc2cccc(Br)c2)n1. The summed E-state index contributed by atoms with van der Waals surface area (Å²) in [7, 11) is 0. The van der Waals surface area contributed by atoms with Crippen LogP contribution in [0.25, 0.3) is 0 Å². The van der Waals surface area contributed by atoms with Gasteiger partial charge in [-0.3, -0.25) is 0 Å². The molecule has 0 amide bonds. The Morgan fingerprint density at radius 3 is 2.67 bits per heavy atom. The quantitative estimate of drug-likeness (QED) is 0.875. The Labute approximate surface area is 96.5 Å². The molecule has 2 aromatic rings. The van der Waals surface area contributed by atoms with Crippen LogP contribution in [-0.4, -0.2) is 4.98 Å². The molecule has 0 aliphatic carbocycles. The van der Waals surface area contributed by atoms with Crippen LogP contribution >= 0.6 is 15.9 Å². The third kappa shape index (κ3) is 2.70. The molecule has 0 atom stereocenters. The maximum absolute atomic E-state index is 5.58. The average Bonchev–Trinajstić information content (AvgIpc) is 2.17. The van der Waals surface area contributed by atoms with Crippen LogP contribution in [0.2, 0.25) is 0 Å². The zero-order valence-corrected chi connectivity index (χ0v) is 9.53. The van der Waals surface area contributed by atoms with Crippen molar-refractivity contribution < 1.29 is 0 Å². The third-order valence-corrected chi connectivity index (χ3v) is 2.36. The standard InChI is InChI=1S/C11H10BrN3/c12-8-3-1-4-9(7-8)14-11-6-2-5-10(13)15-11/h1-7H,(H3,13,14,15). The van der Waals surface area contributed by atoms with Gasteiger partial charge in [-0.2, -0.15) is 0 Å². The molecule has 4 heteroatoms. The second-order valence-electron chi connectivity index (χ2n) is 3.08. The van der Waals surface area contributed by atoms with Crippen molar-refractivity contribution in [2.24, 2.45) is 0 Å². The lowest BCUT2D eigenvalue weighted by Gasteiger charge is -2.05. The molecule has 0 spiro atoms. The zero-order valence-electron chi connectivity index (χ0n) is 7.94. The molecule has 0 fully saturated rings. The summed E-state index contributed by atoms with van der Waals surface area (Å²) in [4.78, 5) is 4.15. The number of nitrogens with two attached hydrogens (primary N) is 1. The van der Waals surface area contributed by atoms with Gasteiger partial charge in [0.25, 0.3) is 0 Å². The molecular formula is C11H10BrN3. The Kier molecular flexibility index (Phi) is 2.87. The lowest BCUT2D eigenvalue weighted by atomic mass is 10.3. The second kappa shape index (κ2) is 4.31. The summed E-state index contributed by atoms with van der Waals surface area (Å²) in [6.07, 6.45) is 0. The Hall–Kier alpha value is -1.55. The molecule has 0 unspecified atom stereocenters. The van der Waals surface area contributed by atoms with Gasteiger partial charge < -0.3 is 11.1 Å². The van der Waals surface area contributed by atoms with Crippen molar-refractivity contribution in [3.63, 3.8) is 0 Å². The zero-order chi connectivity index (χ0) is 10.7. The number of halogens is 1. The molecule has 15 heavy (non-hydrogen) atoms. The second-order valence-corrected chi connectivity index (χ2v) is 4.00. The van der Waals surface area contributed by atoms with Gasteiger partial charge in [0.2, 0.25) is 0 Å². The summed E-state index contributed by atoms with van der Waals surface area (Å²) < 4.78 is 1.02. The molecular weight excluding hydrogens is 254 g/mol. The highest BCUT2D eigenvalue weighted by Gasteiger charge is 1.96. The predicted octanol–water partition coefficient (Wildman–Crippen LogP) is 3.17. The van der Waals surface area contributed by atoms with Crippen LogP contribution in [0, 0.1) is 0 Å². The minimum absolute atomic E-state index is 0.509. The van der Waals surface area contributed by atoms with Crippen LogP contribution in [0.4, 0.5) is 17.3 Å². The van der Waals surface area contributed by atoms with E-state index in [-0.39, 0.29) is 0 Å². The minimum atomic E-state index is 0.509. The first-order valence-electron chi connectivity index (χ1n) is 4.49. The van der Waals surface area contributed by atoms with Crippen LogP contribution in [0.1, 0.15) is 0 Å². The van der Waals surface area contributed by atoms with E-state index in [2.05, 4.69) is 26.2 Å². The molecule has 1 heterocycles. The highest BCUT2D eigenvalue weighted by molar-refractivity contribution is 9.10.